The molecule has 1 spiro atoms. The average molecular weight is 308 g/mol. The molecule has 0 aliphatic carbocycles. The monoisotopic (exact) mass is 308 g/mol. The second-order valence-corrected chi connectivity index (χ2v) is 6.50. The maximum absolute atomic E-state index is 12.6. The first-order valence-electron chi connectivity index (χ1n) is 8.09. The van der Waals surface area contributed by atoms with E-state index in [4.69, 9.17) is 0 Å². The Morgan fingerprint density at radius 3 is 2.52 bits per heavy atom. The van der Waals surface area contributed by atoms with Crippen molar-refractivity contribution in [1.29, 1.82) is 0 Å². The Balaban J connectivity index is 1.55. The van der Waals surface area contributed by atoms with Crippen molar-refractivity contribution >= 4 is 11.6 Å². The minimum absolute atomic E-state index is 0.0355. The number of nitrogens with zero attached hydrogens (tertiary/aromatic N) is 1. The second-order valence-electron chi connectivity index (χ2n) is 6.50. The summed E-state index contributed by atoms with van der Waals surface area (Å²) >= 11 is 0. The Bertz CT molecular complexity index is 734. The lowest BCUT2D eigenvalue weighted by Gasteiger charge is -2.38. The van der Waals surface area contributed by atoms with Gasteiger partial charge in [0.15, 0.2) is 0 Å². The zero-order valence-corrected chi connectivity index (χ0v) is 13.0. The summed E-state index contributed by atoms with van der Waals surface area (Å²) in [5, 5.41) is 13.2. The van der Waals surface area contributed by atoms with Gasteiger partial charge in [0.25, 0.3) is 0 Å². The number of carbonyl (C=O) groups is 1. The van der Waals surface area contributed by atoms with Crippen molar-refractivity contribution in [1.82, 2.24) is 4.90 Å². The van der Waals surface area contributed by atoms with Crippen molar-refractivity contribution in [2.75, 3.05) is 18.4 Å². The summed E-state index contributed by atoms with van der Waals surface area (Å²) in [6.07, 6.45) is 1.49. The molecule has 2 aromatic carbocycles. The molecule has 23 heavy (non-hydrogen) atoms. The van der Waals surface area contributed by atoms with Crippen molar-refractivity contribution in [3.63, 3.8) is 0 Å². The van der Waals surface area contributed by atoms with E-state index in [-0.39, 0.29) is 11.7 Å². The SMILES string of the molecule is O=C1Nc2cccc(O)c2C12CCN(Cc1ccccc1)CC2. The molecule has 0 unspecified atom stereocenters. The molecule has 118 valence electrons. The normalized spacial score (nSPS) is 19.6. The third-order valence-electron chi connectivity index (χ3n) is 5.16. The number of carbonyl (C=O) groups excluding carboxylic acids is 1. The van der Waals surface area contributed by atoms with E-state index in [0.29, 0.717) is 0 Å². The lowest BCUT2D eigenvalue weighted by molar-refractivity contribution is -0.122. The molecular weight excluding hydrogens is 288 g/mol. The summed E-state index contributed by atoms with van der Waals surface area (Å²) in [5.41, 5.74) is 2.30. The number of nitrogens with one attached hydrogen (secondary N) is 1. The van der Waals surface area contributed by atoms with Crippen molar-refractivity contribution in [2.24, 2.45) is 0 Å². The molecule has 4 rings (SSSR count). The number of hydrogen-bond donors (Lipinski definition) is 2. The zero-order chi connectivity index (χ0) is 15.9. The van der Waals surface area contributed by atoms with Crippen LogP contribution in [-0.4, -0.2) is 29.0 Å². The number of phenols is 1. The van der Waals surface area contributed by atoms with E-state index in [0.717, 1.165) is 43.7 Å². The number of aromatic hydroxyl groups is 1. The molecule has 2 N–H and O–H groups in total. The summed E-state index contributed by atoms with van der Waals surface area (Å²) < 4.78 is 0. The third-order valence-corrected chi connectivity index (χ3v) is 5.16. The molecule has 0 aromatic heterocycles. The average Bonchev–Trinajstić information content (AvgIpc) is 2.84. The largest absolute Gasteiger partial charge is 0.508 e. The number of rotatable bonds is 2. The van der Waals surface area contributed by atoms with Gasteiger partial charge in [-0.25, -0.2) is 0 Å². The van der Waals surface area contributed by atoms with Crippen LogP contribution in [0.5, 0.6) is 5.75 Å². The van der Waals surface area contributed by atoms with Crippen LogP contribution in [0.1, 0.15) is 24.0 Å². The van der Waals surface area contributed by atoms with E-state index in [1.54, 1.807) is 12.1 Å². The van der Waals surface area contributed by atoms with Gasteiger partial charge in [-0.1, -0.05) is 36.4 Å². The number of benzene rings is 2. The van der Waals surface area contributed by atoms with E-state index in [2.05, 4.69) is 34.5 Å². The van der Waals surface area contributed by atoms with Gasteiger partial charge < -0.3 is 10.4 Å². The molecular formula is C19H20N2O2. The van der Waals surface area contributed by atoms with Crippen LogP contribution in [0.3, 0.4) is 0 Å². The number of anilines is 1. The topological polar surface area (TPSA) is 52.6 Å². The van der Waals surface area contributed by atoms with E-state index in [1.165, 1.54) is 5.56 Å². The van der Waals surface area contributed by atoms with Crippen molar-refractivity contribution in [2.45, 2.75) is 24.8 Å². The summed E-state index contributed by atoms with van der Waals surface area (Å²) in [7, 11) is 0. The second kappa shape index (κ2) is 5.39. The van der Waals surface area contributed by atoms with Crippen LogP contribution < -0.4 is 5.32 Å². The standard InChI is InChI=1S/C19H20N2O2/c22-16-8-4-7-15-17(16)19(18(23)20-15)9-11-21(12-10-19)13-14-5-2-1-3-6-14/h1-8,22H,9-13H2,(H,20,23). The van der Waals surface area contributed by atoms with Gasteiger partial charge in [0.2, 0.25) is 5.91 Å². The lowest BCUT2D eigenvalue weighted by atomic mass is 9.73. The molecule has 1 fully saturated rings. The molecule has 0 bridgehead atoms. The Labute approximate surface area is 135 Å². The van der Waals surface area contributed by atoms with E-state index < -0.39 is 5.41 Å². The third kappa shape index (κ3) is 2.30. The van der Waals surface area contributed by atoms with E-state index >= 15 is 0 Å². The Hall–Kier alpha value is -2.33. The number of amides is 1. The predicted octanol–water partition coefficient (Wildman–Crippen LogP) is 2.88. The van der Waals surface area contributed by atoms with Crippen LogP contribution in [0.25, 0.3) is 0 Å². The van der Waals surface area contributed by atoms with Gasteiger partial charge in [-0.05, 0) is 43.6 Å². The number of phenolic OH excluding ortho intramolecular Hbond substituents is 1. The maximum Gasteiger partial charge on any atom is 0.235 e. The summed E-state index contributed by atoms with van der Waals surface area (Å²) in [4.78, 5) is 15.0. The fourth-order valence-electron chi connectivity index (χ4n) is 3.91. The van der Waals surface area contributed by atoms with Crippen LogP contribution in [-0.2, 0) is 16.8 Å². The minimum Gasteiger partial charge on any atom is -0.508 e. The van der Waals surface area contributed by atoms with Gasteiger partial charge in [-0.2, -0.15) is 0 Å². The van der Waals surface area contributed by atoms with Crippen molar-refractivity contribution < 1.29 is 9.90 Å². The first-order chi connectivity index (χ1) is 11.2. The van der Waals surface area contributed by atoms with E-state index in [1.807, 2.05) is 12.1 Å². The Kier molecular flexibility index (Phi) is 3.34. The number of likely N-dealkylation sites (tertiary alicyclic amines) is 1. The summed E-state index contributed by atoms with van der Waals surface area (Å²) in [6.45, 7) is 2.62. The number of piperidine rings is 1. The van der Waals surface area contributed by atoms with Gasteiger partial charge in [0, 0.05) is 17.8 Å². The molecule has 0 saturated carbocycles. The van der Waals surface area contributed by atoms with Crippen LogP contribution in [0, 0.1) is 0 Å². The van der Waals surface area contributed by atoms with Crippen LogP contribution in [0.4, 0.5) is 5.69 Å². The van der Waals surface area contributed by atoms with Gasteiger partial charge in [-0.15, -0.1) is 0 Å². The molecule has 1 saturated heterocycles. The van der Waals surface area contributed by atoms with Gasteiger partial charge >= 0.3 is 0 Å². The van der Waals surface area contributed by atoms with E-state index in [9.17, 15) is 9.90 Å². The van der Waals surface area contributed by atoms with Crippen LogP contribution in [0.2, 0.25) is 0 Å². The van der Waals surface area contributed by atoms with Gasteiger partial charge in [-0.3, -0.25) is 9.69 Å². The van der Waals surface area contributed by atoms with Gasteiger partial charge in [0.1, 0.15) is 5.75 Å². The van der Waals surface area contributed by atoms with Crippen LogP contribution in [0.15, 0.2) is 48.5 Å². The molecule has 0 radical (unpaired) electrons. The molecule has 4 heteroatoms. The summed E-state index contributed by atoms with van der Waals surface area (Å²) in [6, 6.07) is 15.7. The molecule has 2 aliphatic heterocycles. The Morgan fingerprint density at radius 2 is 1.78 bits per heavy atom. The molecule has 2 aliphatic rings. The Morgan fingerprint density at radius 1 is 1.04 bits per heavy atom. The molecule has 2 aromatic rings. The zero-order valence-electron chi connectivity index (χ0n) is 13.0. The number of fused-ring (bicyclic) bond motifs is 2. The number of hydrogen-bond acceptors (Lipinski definition) is 3. The fourth-order valence-corrected chi connectivity index (χ4v) is 3.91. The molecule has 1 amide bonds. The maximum atomic E-state index is 12.6. The van der Waals surface area contributed by atoms with Gasteiger partial charge in [0.05, 0.1) is 5.41 Å². The highest BCUT2D eigenvalue weighted by Crippen LogP contribution is 2.48. The molecule has 0 atom stereocenters. The fraction of sp³-hybridized carbons (Fsp3) is 0.316. The highest BCUT2D eigenvalue weighted by Gasteiger charge is 2.49. The van der Waals surface area contributed by atoms with Crippen molar-refractivity contribution in [3.05, 3.63) is 59.7 Å². The minimum atomic E-state index is -0.562. The quantitative estimate of drug-likeness (QED) is 0.897. The highest BCUT2D eigenvalue weighted by atomic mass is 16.3. The molecule has 2 heterocycles. The highest BCUT2D eigenvalue weighted by molar-refractivity contribution is 6.07. The lowest BCUT2D eigenvalue weighted by Crippen LogP contribution is -2.46. The molecule has 4 nitrogen and oxygen atoms in total. The predicted molar refractivity (Wildman–Crippen MR) is 89.4 cm³/mol. The summed E-state index contributed by atoms with van der Waals surface area (Å²) in [5.74, 6) is 0.269. The first kappa shape index (κ1) is 14.3. The van der Waals surface area contributed by atoms with Crippen molar-refractivity contribution in [3.8, 4) is 5.75 Å². The smallest absolute Gasteiger partial charge is 0.235 e. The van der Waals surface area contributed by atoms with Crippen LogP contribution >= 0.6 is 0 Å². The first-order valence-corrected chi connectivity index (χ1v) is 8.09.